The first kappa shape index (κ1) is 35.5. The second kappa shape index (κ2) is 32.5. The molecule has 0 amide bonds. The third-order valence-electron chi connectivity index (χ3n) is 7.85. The van der Waals surface area contributed by atoms with Crippen LogP contribution in [0.15, 0.2) is 23.8 Å². The molecule has 0 N–H and O–H groups in total. The van der Waals surface area contributed by atoms with Crippen LogP contribution in [0.25, 0.3) is 0 Å². The fraction of sp³-hybridized carbons (Fsp3) is 0.889. The Hall–Kier alpha value is -0.520. The van der Waals surface area contributed by atoms with Crippen molar-refractivity contribution in [2.24, 2.45) is 0 Å². The SMILES string of the molecule is CCCCCCCCC=CCCCCCCCCCCC=C(CCCCCC)CCCCCCCC. The molecular formula is C36H70. The van der Waals surface area contributed by atoms with Crippen molar-refractivity contribution in [3.05, 3.63) is 23.8 Å². The molecule has 0 saturated carbocycles. The van der Waals surface area contributed by atoms with E-state index in [1.54, 1.807) is 5.57 Å². The average Bonchev–Trinajstić information content (AvgIpc) is 2.89. The molecule has 0 fully saturated rings. The lowest BCUT2D eigenvalue weighted by atomic mass is 9.98. The first-order valence-corrected chi connectivity index (χ1v) is 17.2. The summed E-state index contributed by atoms with van der Waals surface area (Å²) in [6.45, 7) is 6.93. The number of rotatable bonds is 30. The average molecular weight is 503 g/mol. The van der Waals surface area contributed by atoms with Gasteiger partial charge in [-0.3, -0.25) is 0 Å². The molecule has 0 aromatic carbocycles. The normalized spacial score (nSPS) is 12.2. The van der Waals surface area contributed by atoms with Gasteiger partial charge >= 0.3 is 0 Å². The van der Waals surface area contributed by atoms with Gasteiger partial charge in [0.05, 0.1) is 0 Å². The second-order valence-electron chi connectivity index (χ2n) is 11.6. The molecule has 0 bridgehead atoms. The molecule has 0 aromatic rings. The van der Waals surface area contributed by atoms with E-state index in [-0.39, 0.29) is 0 Å². The van der Waals surface area contributed by atoms with Crippen molar-refractivity contribution in [1.82, 2.24) is 0 Å². The smallest absolute Gasteiger partial charge is 0.0320 e. The lowest BCUT2D eigenvalue weighted by molar-refractivity contribution is 0.568. The lowest BCUT2D eigenvalue weighted by Gasteiger charge is -2.09. The van der Waals surface area contributed by atoms with Gasteiger partial charge in [0, 0.05) is 0 Å². The standard InChI is InChI=1S/C36H70/c1-4-7-10-13-15-16-17-18-19-20-21-22-23-24-25-26-27-29-32-35-36(33-30-12-9-6-3)34-31-28-14-11-8-5-2/h18-19,35H,4-17,20-34H2,1-3H3. The molecule has 0 aliphatic rings. The monoisotopic (exact) mass is 503 g/mol. The molecule has 0 radical (unpaired) electrons. The zero-order valence-corrected chi connectivity index (χ0v) is 25.7. The van der Waals surface area contributed by atoms with Gasteiger partial charge in [-0.05, 0) is 64.2 Å². The van der Waals surface area contributed by atoms with E-state index in [2.05, 4.69) is 39.0 Å². The van der Waals surface area contributed by atoms with Gasteiger partial charge in [-0.15, -0.1) is 0 Å². The molecule has 0 unspecified atom stereocenters. The topological polar surface area (TPSA) is 0 Å². The van der Waals surface area contributed by atoms with Crippen molar-refractivity contribution in [3.63, 3.8) is 0 Å². The third-order valence-corrected chi connectivity index (χ3v) is 7.85. The van der Waals surface area contributed by atoms with Crippen molar-refractivity contribution in [1.29, 1.82) is 0 Å². The molecule has 0 spiro atoms. The summed E-state index contributed by atoms with van der Waals surface area (Å²) in [5.41, 5.74) is 1.79. The molecule has 0 heterocycles. The highest BCUT2D eigenvalue weighted by Crippen LogP contribution is 2.20. The Morgan fingerprint density at radius 3 is 1.06 bits per heavy atom. The number of unbranched alkanes of at least 4 members (excludes halogenated alkanes) is 23. The first-order valence-electron chi connectivity index (χ1n) is 17.2. The molecule has 0 atom stereocenters. The van der Waals surface area contributed by atoms with Crippen molar-refractivity contribution < 1.29 is 0 Å². The molecule has 214 valence electrons. The van der Waals surface area contributed by atoms with Crippen LogP contribution in [0.2, 0.25) is 0 Å². The maximum absolute atomic E-state index is 2.65. The van der Waals surface area contributed by atoms with Gasteiger partial charge in [0.15, 0.2) is 0 Å². The minimum absolute atomic E-state index is 1.31. The number of allylic oxidation sites excluding steroid dienone is 4. The van der Waals surface area contributed by atoms with Crippen LogP contribution in [-0.4, -0.2) is 0 Å². The van der Waals surface area contributed by atoms with Crippen molar-refractivity contribution in [3.8, 4) is 0 Å². The van der Waals surface area contributed by atoms with Crippen LogP contribution in [0.5, 0.6) is 0 Å². The Morgan fingerprint density at radius 1 is 0.333 bits per heavy atom. The second-order valence-corrected chi connectivity index (χ2v) is 11.6. The zero-order chi connectivity index (χ0) is 26.2. The maximum atomic E-state index is 2.65. The molecule has 0 rings (SSSR count). The highest BCUT2D eigenvalue weighted by atomic mass is 14.1. The predicted molar refractivity (Wildman–Crippen MR) is 168 cm³/mol. The van der Waals surface area contributed by atoms with Gasteiger partial charge in [0.1, 0.15) is 0 Å². The van der Waals surface area contributed by atoms with Crippen molar-refractivity contribution in [2.45, 2.75) is 207 Å². The molecule has 36 heavy (non-hydrogen) atoms. The third kappa shape index (κ3) is 29.7. The van der Waals surface area contributed by atoms with Crippen molar-refractivity contribution in [2.75, 3.05) is 0 Å². The summed E-state index contributed by atoms with van der Waals surface area (Å²) in [6.07, 6.45) is 48.4. The summed E-state index contributed by atoms with van der Waals surface area (Å²) in [5, 5.41) is 0. The quantitative estimate of drug-likeness (QED) is 0.0676. The van der Waals surface area contributed by atoms with E-state index < -0.39 is 0 Å². The molecule has 0 nitrogen and oxygen atoms in total. The van der Waals surface area contributed by atoms with E-state index in [0.717, 1.165) is 0 Å². The number of hydrogen-bond donors (Lipinski definition) is 0. The van der Waals surface area contributed by atoms with Crippen LogP contribution < -0.4 is 0 Å². The maximum Gasteiger partial charge on any atom is -0.0320 e. The summed E-state index contributed by atoms with van der Waals surface area (Å²) >= 11 is 0. The summed E-state index contributed by atoms with van der Waals surface area (Å²) in [5.74, 6) is 0. The van der Waals surface area contributed by atoms with Gasteiger partial charge in [-0.25, -0.2) is 0 Å². The van der Waals surface area contributed by atoms with E-state index in [0.29, 0.717) is 0 Å². The van der Waals surface area contributed by atoms with Crippen molar-refractivity contribution >= 4 is 0 Å². The van der Waals surface area contributed by atoms with Gasteiger partial charge in [-0.2, -0.15) is 0 Å². The van der Waals surface area contributed by atoms with E-state index in [1.165, 1.54) is 186 Å². The van der Waals surface area contributed by atoms with Crippen LogP contribution in [0.4, 0.5) is 0 Å². The van der Waals surface area contributed by atoms with E-state index in [4.69, 9.17) is 0 Å². The van der Waals surface area contributed by atoms with E-state index in [9.17, 15) is 0 Å². The highest BCUT2D eigenvalue weighted by molar-refractivity contribution is 5.02. The first-order chi connectivity index (χ1) is 17.8. The van der Waals surface area contributed by atoms with E-state index >= 15 is 0 Å². The van der Waals surface area contributed by atoms with Gasteiger partial charge in [0.25, 0.3) is 0 Å². The molecule has 0 aliphatic carbocycles. The lowest BCUT2D eigenvalue weighted by Crippen LogP contribution is -1.89. The van der Waals surface area contributed by atoms with Crippen LogP contribution in [0.1, 0.15) is 207 Å². The minimum Gasteiger partial charge on any atom is -0.0885 e. The summed E-state index contributed by atoms with van der Waals surface area (Å²) in [6, 6.07) is 0. The zero-order valence-electron chi connectivity index (χ0n) is 25.7. The van der Waals surface area contributed by atoms with Gasteiger partial charge in [-0.1, -0.05) is 167 Å². The Morgan fingerprint density at radius 2 is 0.639 bits per heavy atom. The fourth-order valence-corrected chi connectivity index (χ4v) is 5.29. The van der Waals surface area contributed by atoms with Gasteiger partial charge in [0.2, 0.25) is 0 Å². The highest BCUT2D eigenvalue weighted by Gasteiger charge is 2.00. The van der Waals surface area contributed by atoms with Crippen LogP contribution in [-0.2, 0) is 0 Å². The summed E-state index contributed by atoms with van der Waals surface area (Å²) in [7, 11) is 0. The Kier molecular flexibility index (Phi) is 32.0. The Bertz CT molecular complexity index is 443. The molecular weight excluding hydrogens is 432 g/mol. The minimum atomic E-state index is 1.31. The molecule has 0 saturated heterocycles. The van der Waals surface area contributed by atoms with Gasteiger partial charge < -0.3 is 0 Å². The molecule has 0 heteroatoms. The fourth-order valence-electron chi connectivity index (χ4n) is 5.29. The molecule has 0 aromatic heterocycles. The Labute approximate surface area is 230 Å². The molecule has 0 aliphatic heterocycles. The number of hydrogen-bond acceptors (Lipinski definition) is 0. The predicted octanol–water partition coefficient (Wildman–Crippen LogP) is 13.8. The summed E-state index contributed by atoms with van der Waals surface area (Å²) in [4.78, 5) is 0. The summed E-state index contributed by atoms with van der Waals surface area (Å²) < 4.78 is 0. The van der Waals surface area contributed by atoms with E-state index in [1.807, 2.05) is 0 Å². The van der Waals surface area contributed by atoms with Crippen LogP contribution in [0, 0.1) is 0 Å². The largest absolute Gasteiger partial charge is 0.0885 e. The van der Waals surface area contributed by atoms with Crippen LogP contribution in [0.3, 0.4) is 0 Å². The van der Waals surface area contributed by atoms with Crippen LogP contribution >= 0.6 is 0 Å². The Balaban J connectivity index is 3.63.